The van der Waals surface area contributed by atoms with Gasteiger partial charge in [0.15, 0.2) is 9.84 Å². The molecule has 0 unspecified atom stereocenters. The largest absolute Gasteiger partial charge is 0.341 e. The summed E-state index contributed by atoms with van der Waals surface area (Å²) in [5.74, 6) is 1.68. The van der Waals surface area contributed by atoms with Crippen LogP contribution in [0.4, 0.5) is 0 Å². The van der Waals surface area contributed by atoms with Crippen LogP contribution in [-0.2, 0) is 27.6 Å². The van der Waals surface area contributed by atoms with Crippen molar-refractivity contribution < 1.29 is 17.7 Å². The Labute approximate surface area is 206 Å². The van der Waals surface area contributed by atoms with E-state index in [2.05, 4.69) is 41.2 Å². The molecule has 1 aliphatic heterocycles. The Morgan fingerprint density at radius 3 is 2.57 bits per heavy atom. The maximum absolute atomic E-state index is 12.8. The van der Waals surface area contributed by atoms with Crippen LogP contribution in [0, 0.1) is 13.8 Å². The molecule has 3 aromatic rings. The molecule has 0 bridgehead atoms. The third kappa shape index (κ3) is 5.63. The Hall–Kier alpha value is -3.01. The molecule has 1 atom stereocenters. The van der Waals surface area contributed by atoms with Crippen LogP contribution < -0.4 is 0 Å². The highest BCUT2D eigenvalue weighted by molar-refractivity contribution is 7.91. The zero-order chi connectivity index (χ0) is 25.3. The molecule has 0 N–H and O–H groups in total. The molecule has 1 aromatic carbocycles. The van der Waals surface area contributed by atoms with Gasteiger partial charge in [-0.25, -0.2) is 8.42 Å². The first-order chi connectivity index (χ1) is 16.5. The van der Waals surface area contributed by atoms with Crippen molar-refractivity contribution in [1.82, 2.24) is 24.8 Å². The zero-order valence-electron chi connectivity index (χ0n) is 21.0. The summed E-state index contributed by atoms with van der Waals surface area (Å²) < 4.78 is 31.0. The minimum absolute atomic E-state index is 0.0407. The summed E-state index contributed by atoms with van der Waals surface area (Å²) in [6.07, 6.45) is 1.18. The number of nitrogens with zero attached hydrogens (tertiary/aromatic N) is 5. The fraction of sp³-hybridized carbons (Fsp3) is 0.520. The fourth-order valence-corrected chi connectivity index (χ4v) is 6.16. The summed E-state index contributed by atoms with van der Waals surface area (Å²) in [4.78, 5) is 18.9. The third-order valence-electron chi connectivity index (χ3n) is 6.71. The van der Waals surface area contributed by atoms with Crippen molar-refractivity contribution in [2.75, 3.05) is 18.6 Å². The Kier molecular flexibility index (Phi) is 7.12. The van der Waals surface area contributed by atoms with Crippen LogP contribution in [-0.4, -0.2) is 57.7 Å². The maximum Gasteiger partial charge on any atom is 0.227 e. The van der Waals surface area contributed by atoms with E-state index in [0.29, 0.717) is 37.0 Å². The number of sulfone groups is 1. The molecule has 0 spiro atoms. The zero-order valence-corrected chi connectivity index (χ0v) is 21.8. The molecule has 35 heavy (non-hydrogen) atoms. The van der Waals surface area contributed by atoms with E-state index in [0.717, 1.165) is 22.5 Å². The summed E-state index contributed by atoms with van der Waals surface area (Å²) in [6, 6.07) is 7.95. The van der Waals surface area contributed by atoms with Gasteiger partial charge in [-0.3, -0.25) is 9.48 Å². The molecule has 2 aromatic heterocycles. The third-order valence-corrected chi connectivity index (χ3v) is 8.46. The van der Waals surface area contributed by atoms with E-state index in [1.807, 2.05) is 30.7 Å². The predicted octanol–water partition coefficient (Wildman–Crippen LogP) is 3.62. The lowest BCUT2D eigenvalue weighted by molar-refractivity contribution is -0.130. The van der Waals surface area contributed by atoms with Gasteiger partial charge in [0, 0.05) is 43.3 Å². The molecule has 0 saturated carbocycles. The van der Waals surface area contributed by atoms with E-state index >= 15 is 0 Å². The molecule has 10 heteroatoms. The molecular weight excluding hydrogens is 466 g/mol. The van der Waals surface area contributed by atoms with E-state index in [-0.39, 0.29) is 29.9 Å². The number of aryl methyl sites for hydroxylation is 2. The van der Waals surface area contributed by atoms with Crippen molar-refractivity contribution in [2.45, 2.75) is 65.5 Å². The van der Waals surface area contributed by atoms with Crippen molar-refractivity contribution in [2.24, 2.45) is 0 Å². The van der Waals surface area contributed by atoms with Crippen LogP contribution in [0.2, 0.25) is 0 Å². The summed E-state index contributed by atoms with van der Waals surface area (Å²) in [5, 5.41) is 8.65. The second-order valence-corrected chi connectivity index (χ2v) is 11.9. The lowest BCUT2D eigenvalue weighted by Gasteiger charge is -2.18. The SMILES string of the molecule is Cc1nn([C@H]2CCS(=O)(=O)C2)c(C)c1CN(C)C(=O)CCc1nc(-c2ccc(C(C)C)cc2)no1. The van der Waals surface area contributed by atoms with E-state index < -0.39 is 9.84 Å². The number of carbonyl (C=O) groups excluding carboxylic acids is 1. The molecule has 4 rings (SSSR count). The summed E-state index contributed by atoms with van der Waals surface area (Å²) >= 11 is 0. The van der Waals surface area contributed by atoms with Crippen LogP contribution in [0.15, 0.2) is 28.8 Å². The second kappa shape index (κ2) is 9.93. The molecule has 0 radical (unpaired) electrons. The predicted molar refractivity (Wildman–Crippen MR) is 133 cm³/mol. The number of rotatable bonds is 8. The quantitative estimate of drug-likeness (QED) is 0.465. The first-order valence-electron chi connectivity index (χ1n) is 12.0. The lowest BCUT2D eigenvalue weighted by Crippen LogP contribution is -2.27. The van der Waals surface area contributed by atoms with E-state index in [1.54, 1.807) is 11.9 Å². The van der Waals surface area contributed by atoms with E-state index in [1.165, 1.54) is 5.56 Å². The summed E-state index contributed by atoms with van der Waals surface area (Å²) in [7, 11) is -1.24. The normalized spacial score (nSPS) is 17.3. The minimum Gasteiger partial charge on any atom is -0.341 e. The Bertz CT molecular complexity index is 1310. The molecule has 3 heterocycles. The highest BCUT2D eigenvalue weighted by atomic mass is 32.2. The monoisotopic (exact) mass is 499 g/mol. The van der Waals surface area contributed by atoms with Gasteiger partial charge in [-0.2, -0.15) is 10.1 Å². The Balaban J connectivity index is 1.35. The van der Waals surface area contributed by atoms with Gasteiger partial charge < -0.3 is 9.42 Å². The summed E-state index contributed by atoms with van der Waals surface area (Å²) in [5.41, 5.74) is 4.81. The van der Waals surface area contributed by atoms with Crippen molar-refractivity contribution in [3.63, 3.8) is 0 Å². The van der Waals surface area contributed by atoms with Gasteiger partial charge in [0.25, 0.3) is 0 Å². The maximum atomic E-state index is 12.8. The number of carbonyl (C=O) groups is 1. The number of amides is 1. The van der Waals surface area contributed by atoms with Crippen molar-refractivity contribution in [3.05, 3.63) is 52.7 Å². The van der Waals surface area contributed by atoms with Gasteiger partial charge in [-0.05, 0) is 31.7 Å². The molecule has 1 fully saturated rings. The van der Waals surface area contributed by atoms with Crippen LogP contribution in [0.5, 0.6) is 0 Å². The van der Waals surface area contributed by atoms with Crippen molar-refractivity contribution in [1.29, 1.82) is 0 Å². The van der Waals surface area contributed by atoms with Gasteiger partial charge in [0.05, 0.1) is 23.2 Å². The van der Waals surface area contributed by atoms with Crippen LogP contribution >= 0.6 is 0 Å². The first kappa shape index (κ1) is 25.1. The number of hydrogen-bond acceptors (Lipinski definition) is 7. The average molecular weight is 500 g/mol. The molecule has 1 aliphatic rings. The minimum atomic E-state index is -3.00. The molecule has 1 amide bonds. The van der Waals surface area contributed by atoms with Crippen LogP contribution in [0.25, 0.3) is 11.4 Å². The highest BCUT2D eigenvalue weighted by Crippen LogP contribution is 2.27. The topological polar surface area (TPSA) is 111 Å². The van der Waals surface area contributed by atoms with Crippen LogP contribution in [0.3, 0.4) is 0 Å². The highest BCUT2D eigenvalue weighted by Gasteiger charge is 2.31. The Morgan fingerprint density at radius 1 is 1.23 bits per heavy atom. The fourth-order valence-electron chi connectivity index (χ4n) is 4.47. The van der Waals surface area contributed by atoms with Gasteiger partial charge in [0.2, 0.25) is 17.6 Å². The molecule has 188 valence electrons. The number of aromatic nitrogens is 4. The molecule has 0 aliphatic carbocycles. The van der Waals surface area contributed by atoms with Gasteiger partial charge in [-0.15, -0.1) is 0 Å². The van der Waals surface area contributed by atoms with Gasteiger partial charge in [0.1, 0.15) is 0 Å². The van der Waals surface area contributed by atoms with Crippen LogP contribution in [0.1, 0.15) is 67.1 Å². The van der Waals surface area contributed by atoms with Crippen molar-refractivity contribution in [3.8, 4) is 11.4 Å². The van der Waals surface area contributed by atoms with E-state index in [9.17, 15) is 13.2 Å². The summed E-state index contributed by atoms with van der Waals surface area (Å²) in [6.45, 7) is 8.53. The standard InChI is InChI=1S/C25H33N5O4S/c1-16(2)19-6-8-20(9-7-19)25-26-23(34-28-25)10-11-24(31)29(5)14-22-17(3)27-30(18(22)4)21-12-13-35(32,33)15-21/h6-9,16,21H,10-15H2,1-5H3/t21-/m0/s1. The smallest absolute Gasteiger partial charge is 0.227 e. The molecule has 1 saturated heterocycles. The average Bonchev–Trinajstić information content (AvgIpc) is 3.51. The lowest BCUT2D eigenvalue weighted by atomic mass is 10.0. The number of benzene rings is 1. The Morgan fingerprint density at radius 2 is 1.94 bits per heavy atom. The van der Waals surface area contributed by atoms with Crippen molar-refractivity contribution >= 4 is 15.7 Å². The molecule has 9 nitrogen and oxygen atoms in total. The first-order valence-corrected chi connectivity index (χ1v) is 13.8. The van der Waals surface area contributed by atoms with Gasteiger partial charge >= 0.3 is 0 Å². The van der Waals surface area contributed by atoms with Gasteiger partial charge in [-0.1, -0.05) is 43.3 Å². The molecular formula is C25H33N5O4S. The second-order valence-electron chi connectivity index (χ2n) is 9.69. The van der Waals surface area contributed by atoms with E-state index in [4.69, 9.17) is 4.52 Å². The number of hydrogen-bond donors (Lipinski definition) is 0.